The monoisotopic (exact) mass is 209 g/mol. The third kappa shape index (κ3) is 9.01. The third-order valence-corrected chi connectivity index (χ3v) is 1.03. The molecule has 0 amide bonds. The van der Waals surface area contributed by atoms with E-state index in [-0.39, 0.29) is 51.4 Å². The first kappa shape index (κ1) is 15.4. The molecule has 0 aromatic heterocycles. The Labute approximate surface area is 111 Å². The number of carboxylic acid groups (broad SMARTS) is 1. The molecule has 66 valence electrons. The Morgan fingerprint density at radius 3 is 2.25 bits per heavy atom. The number of hydrogen-bond acceptors (Lipinski definition) is 2. The van der Waals surface area contributed by atoms with Crippen LogP contribution in [0.15, 0.2) is 0 Å². The molecule has 0 rings (SSSR count). The maximum Gasteiger partial charge on any atom is 1.00 e. The Morgan fingerprint density at radius 1 is 1.58 bits per heavy atom. The van der Waals surface area contributed by atoms with Gasteiger partial charge in [0.15, 0.2) is 0 Å². The van der Waals surface area contributed by atoms with Crippen molar-refractivity contribution in [3.63, 3.8) is 0 Å². The summed E-state index contributed by atoms with van der Waals surface area (Å²) >= 11 is 0. The van der Waals surface area contributed by atoms with Gasteiger partial charge in [-0.1, -0.05) is 0 Å². The molecule has 0 saturated heterocycles. The summed E-state index contributed by atoms with van der Waals surface area (Å²) < 4.78 is 34.5. The van der Waals surface area contributed by atoms with Crippen LogP contribution in [0.4, 0.5) is 12.9 Å². The van der Waals surface area contributed by atoms with E-state index in [1.54, 1.807) is 0 Å². The predicted octanol–water partition coefficient (Wildman–Crippen LogP) is -2.56. The van der Waals surface area contributed by atoms with Crippen LogP contribution in [-0.4, -0.2) is 30.5 Å². The molecule has 0 aliphatic carbocycles. The first-order chi connectivity index (χ1) is 4.83. The van der Waals surface area contributed by atoms with Crippen LogP contribution in [0.3, 0.4) is 0 Å². The Bertz CT molecular complexity index is 154. The second-order valence-electron chi connectivity index (χ2n) is 2.18. The molecular weight excluding hydrogens is 201 g/mol. The Hall–Kier alpha value is 0.921. The summed E-state index contributed by atoms with van der Waals surface area (Å²) in [5.74, 6) is -1.29. The minimum absolute atomic E-state index is 0. The van der Waals surface area contributed by atoms with Crippen LogP contribution < -0.4 is 56.7 Å². The van der Waals surface area contributed by atoms with Gasteiger partial charge in [0.2, 0.25) is 0 Å². The molecule has 1 atom stereocenters. The molecule has 3 nitrogen and oxygen atoms in total. The van der Waals surface area contributed by atoms with Crippen molar-refractivity contribution in [3.8, 4) is 0 Å². The van der Waals surface area contributed by atoms with E-state index in [0.29, 0.717) is 0 Å². The van der Waals surface area contributed by atoms with Gasteiger partial charge in [-0.05, 0) is 13.4 Å². The van der Waals surface area contributed by atoms with E-state index in [2.05, 4.69) is 0 Å². The predicted molar refractivity (Wildman–Crippen MR) is 34.2 cm³/mol. The molecule has 12 heavy (non-hydrogen) atoms. The Balaban J connectivity index is 0. The number of carbonyl (C=O) groups is 1. The summed E-state index contributed by atoms with van der Waals surface area (Å²) in [6, 6.07) is -1.15. The van der Waals surface area contributed by atoms with Crippen molar-refractivity contribution in [2.45, 2.75) is 13.0 Å². The molecule has 0 aliphatic rings. The van der Waals surface area contributed by atoms with Gasteiger partial charge in [0.1, 0.15) is 6.04 Å². The fourth-order valence-electron chi connectivity index (χ4n) is 0.398. The first-order valence-electron chi connectivity index (χ1n) is 3.00. The largest absolute Gasteiger partial charge is 1.00 e. The number of nitrogens with one attached hydrogen (secondary N) is 1. The fourth-order valence-corrected chi connectivity index (χ4v) is 0.398. The van der Waals surface area contributed by atoms with E-state index in [1.807, 2.05) is 5.32 Å². The fraction of sp³-hybridized carbons (Fsp3) is 0.750. The summed E-state index contributed by atoms with van der Waals surface area (Å²) in [5, 5.41) is 9.98. The molecule has 2 N–H and O–H groups in total. The van der Waals surface area contributed by atoms with Gasteiger partial charge in [-0.25, -0.2) is 0 Å². The molecule has 0 unspecified atom stereocenters. The van der Waals surface area contributed by atoms with Gasteiger partial charge < -0.3 is 23.4 Å². The van der Waals surface area contributed by atoms with Crippen molar-refractivity contribution < 1.29 is 74.2 Å². The van der Waals surface area contributed by atoms with Crippen molar-refractivity contribution in [1.82, 2.24) is 5.32 Å². The molecule has 0 radical (unpaired) electrons. The van der Waals surface area contributed by atoms with Crippen LogP contribution in [0.2, 0.25) is 0 Å². The number of rotatable bonds is 4. The average Bonchev–Trinajstić information content (AvgIpc) is 1.80. The van der Waals surface area contributed by atoms with Crippen LogP contribution in [0, 0.1) is 0 Å². The molecule has 0 fully saturated rings. The third-order valence-electron chi connectivity index (χ3n) is 1.03. The summed E-state index contributed by atoms with van der Waals surface area (Å²) in [6.45, 7) is -3.78. The van der Waals surface area contributed by atoms with E-state index in [1.165, 1.54) is 0 Å². The molecule has 0 spiro atoms. The summed E-state index contributed by atoms with van der Waals surface area (Å²) in [6.07, 6.45) is -1.21. The second kappa shape index (κ2) is 6.39. The molecule has 0 aromatic rings. The van der Waals surface area contributed by atoms with Crippen LogP contribution in [0.1, 0.15) is 6.92 Å². The van der Waals surface area contributed by atoms with Gasteiger partial charge in [0, 0.05) is 0 Å². The van der Waals surface area contributed by atoms with E-state index < -0.39 is 25.4 Å². The van der Waals surface area contributed by atoms with Gasteiger partial charge in [0.05, 0.1) is 0 Å². The normalized spacial score (nSPS) is 13.3. The zero-order valence-electron chi connectivity index (χ0n) is 6.85. The van der Waals surface area contributed by atoms with Gasteiger partial charge in [-0.15, -0.1) is 0 Å². The Kier molecular flexibility index (Phi) is 8.19. The van der Waals surface area contributed by atoms with E-state index in [0.717, 1.165) is 6.92 Å². The van der Waals surface area contributed by atoms with Gasteiger partial charge in [0.25, 0.3) is 0 Å². The molecule has 0 heterocycles. The van der Waals surface area contributed by atoms with Crippen molar-refractivity contribution in [2.75, 3.05) is 6.44 Å². The number of halogens is 3. The van der Waals surface area contributed by atoms with Crippen molar-refractivity contribution >= 4 is 12.9 Å². The quantitative estimate of drug-likeness (QED) is 0.501. The molecule has 0 aromatic carbocycles. The van der Waals surface area contributed by atoms with Gasteiger partial charge in [-0.3, -0.25) is 4.79 Å². The number of carboxylic acids is 1. The molecule has 0 saturated carbocycles. The van der Waals surface area contributed by atoms with Crippen LogP contribution in [0.25, 0.3) is 0 Å². The molecular formula is C4H8BF3KNO2. The van der Waals surface area contributed by atoms with Gasteiger partial charge in [-0.2, -0.15) is 0 Å². The summed E-state index contributed by atoms with van der Waals surface area (Å²) in [4.78, 5) is 9.99. The molecule has 0 aliphatic heterocycles. The topological polar surface area (TPSA) is 49.3 Å². The standard InChI is InChI=1S/C4H8BF3NO2.K/c1-3(4(10)11)9-2-5(6,7)8;/h3,9H,2H2,1H3,(H,10,11);/q-1;+1/t3-;/m1./s1. The molecule has 8 heteroatoms. The van der Waals surface area contributed by atoms with E-state index >= 15 is 0 Å². The van der Waals surface area contributed by atoms with Crippen molar-refractivity contribution in [2.24, 2.45) is 0 Å². The molecule has 0 bridgehead atoms. The van der Waals surface area contributed by atoms with Crippen LogP contribution in [0.5, 0.6) is 0 Å². The zero-order valence-corrected chi connectivity index (χ0v) is 9.97. The number of hydrogen-bond donors (Lipinski definition) is 2. The summed E-state index contributed by atoms with van der Waals surface area (Å²) in [5.41, 5.74) is 0. The first-order valence-corrected chi connectivity index (χ1v) is 3.00. The minimum Gasteiger partial charge on any atom is -0.480 e. The average molecular weight is 209 g/mol. The van der Waals surface area contributed by atoms with Gasteiger partial charge >= 0.3 is 64.3 Å². The SMILES string of the molecule is C[C@@H](NC[B-](F)(F)F)C(=O)O.[K+]. The smallest absolute Gasteiger partial charge is 0.480 e. The Morgan fingerprint density at radius 2 is 2.00 bits per heavy atom. The maximum atomic E-state index is 11.5. The van der Waals surface area contributed by atoms with E-state index in [9.17, 15) is 17.7 Å². The van der Waals surface area contributed by atoms with Crippen LogP contribution >= 0.6 is 0 Å². The van der Waals surface area contributed by atoms with E-state index in [4.69, 9.17) is 5.11 Å². The number of aliphatic carboxylic acids is 1. The summed E-state index contributed by atoms with van der Waals surface area (Å²) in [7, 11) is 0. The van der Waals surface area contributed by atoms with Crippen LogP contribution in [-0.2, 0) is 4.79 Å². The zero-order chi connectivity index (χ0) is 9.07. The second-order valence-corrected chi connectivity index (χ2v) is 2.18. The maximum absolute atomic E-state index is 11.5. The van der Waals surface area contributed by atoms with Crippen molar-refractivity contribution in [1.29, 1.82) is 0 Å². The minimum atomic E-state index is -4.93. The van der Waals surface area contributed by atoms with Crippen molar-refractivity contribution in [3.05, 3.63) is 0 Å².